The molecule has 0 spiro atoms. The predicted octanol–water partition coefficient (Wildman–Crippen LogP) is 5.87. The molecule has 0 heterocycles. The number of hydrogen-bond acceptors (Lipinski definition) is 3. The number of carbonyl (C=O) groups is 2. The van der Waals surface area contributed by atoms with Crippen LogP contribution in [0.2, 0.25) is 0 Å². The van der Waals surface area contributed by atoms with Gasteiger partial charge in [-0.1, -0.05) is 44.8 Å². The first-order valence-electron chi connectivity index (χ1n) is 13.4. The SMILES string of the molecule is CC12CCC3C(CC=C4CC(=O)C(CNCC5CCCCC5)CC43C)C1CCCC2=O. The van der Waals surface area contributed by atoms with Gasteiger partial charge >= 0.3 is 0 Å². The topological polar surface area (TPSA) is 46.2 Å². The zero-order valence-corrected chi connectivity index (χ0v) is 19.9. The lowest BCUT2D eigenvalue weighted by atomic mass is 9.44. The maximum Gasteiger partial charge on any atom is 0.141 e. The molecule has 0 radical (unpaired) electrons. The number of nitrogens with one attached hydrogen (secondary N) is 1. The minimum Gasteiger partial charge on any atom is -0.316 e. The Morgan fingerprint density at radius 2 is 1.71 bits per heavy atom. The molecule has 3 nitrogen and oxygen atoms in total. The summed E-state index contributed by atoms with van der Waals surface area (Å²) in [5.41, 5.74) is 1.52. The molecule has 0 bridgehead atoms. The van der Waals surface area contributed by atoms with Crippen LogP contribution < -0.4 is 5.32 Å². The summed E-state index contributed by atoms with van der Waals surface area (Å²) in [5, 5.41) is 3.71. The van der Waals surface area contributed by atoms with Crippen LogP contribution in [0.25, 0.3) is 0 Å². The van der Waals surface area contributed by atoms with Crippen LogP contribution in [0.4, 0.5) is 0 Å². The fraction of sp³-hybridized carbons (Fsp3) is 0.857. The molecule has 0 aliphatic heterocycles. The number of allylic oxidation sites excluding steroid dienone is 2. The van der Waals surface area contributed by atoms with E-state index < -0.39 is 0 Å². The summed E-state index contributed by atoms with van der Waals surface area (Å²) < 4.78 is 0. The molecule has 172 valence electrons. The Bertz CT molecular complexity index is 750. The number of rotatable bonds is 4. The molecule has 0 saturated heterocycles. The highest BCUT2D eigenvalue weighted by Crippen LogP contribution is 2.63. The Morgan fingerprint density at radius 3 is 2.52 bits per heavy atom. The Balaban J connectivity index is 1.29. The lowest BCUT2D eigenvalue weighted by Gasteiger charge is -2.59. The summed E-state index contributed by atoms with van der Waals surface area (Å²) in [5.74, 6) is 3.84. The van der Waals surface area contributed by atoms with E-state index in [0.717, 1.165) is 51.1 Å². The van der Waals surface area contributed by atoms with E-state index in [9.17, 15) is 9.59 Å². The lowest BCUT2D eigenvalue weighted by molar-refractivity contribution is -0.145. The number of fused-ring (bicyclic) bond motifs is 5. The minimum atomic E-state index is -0.0768. The Labute approximate surface area is 189 Å². The summed E-state index contributed by atoms with van der Waals surface area (Å²) in [4.78, 5) is 25.9. The average Bonchev–Trinajstić information content (AvgIpc) is 2.76. The quantitative estimate of drug-likeness (QED) is 0.573. The fourth-order valence-electron chi connectivity index (χ4n) is 8.68. The summed E-state index contributed by atoms with van der Waals surface area (Å²) in [6.45, 7) is 6.72. The fourth-order valence-corrected chi connectivity index (χ4v) is 8.68. The van der Waals surface area contributed by atoms with Gasteiger partial charge in [-0.05, 0) is 87.0 Å². The van der Waals surface area contributed by atoms with Gasteiger partial charge in [-0.2, -0.15) is 0 Å². The molecule has 5 rings (SSSR count). The number of ketones is 2. The highest BCUT2D eigenvalue weighted by molar-refractivity contribution is 5.86. The Morgan fingerprint density at radius 1 is 0.935 bits per heavy atom. The van der Waals surface area contributed by atoms with E-state index in [-0.39, 0.29) is 16.7 Å². The van der Waals surface area contributed by atoms with Crippen molar-refractivity contribution in [2.75, 3.05) is 13.1 Å². The van der Waals surface area contributed by atoms with Crippen molar-refractivity contribution in [1.29, 1.82) is 0 Å². The van der Waals surface area contributed by atoms with Crippen LogP contribution in [0.15, 0.2) is 11.6 Å². The molecule has 5 aliphatic rings. The van der Waals surface area contributed by atoms with Crippen LogP contribution in [-0.2, 0) is 9.59 Å². The highest BCUT2D eigenvalue weighted by Gasteiger charge is 2.58. The monoisotopic (exact) mass is 425 g/mol. The van der Waals surface area contributed by atoms with Crippen LogP contribution in [-0.4, -0.2) is 24.7 Å². The van der Waals surface area contributed by atoms with Crippen molar-refractivity contribution < 1.29 is 9.59 Å². The summed E-state index contributed by atoms with van der Waals surface area (Å²) >= 11 is 0. The summed E-state index contributed by atoms with van der Waals surface area (Å²) in [6.07, 6.45) is 17.5. The second-order valence-electron chi connectivity index (χ2n) is 12.2. The van der Waals surface area contributed by atoms with Crippen molar-refractivity contribution in [2.45, 2.75) is 97.3 Å². The minimum absolute atomic E-state index is 0.0768. The molecule has 0 amide bonds. The van der Waals surface area contributed by atoms with Crippen molar-refractivity contribution in [3.63, 3.8) is 0 Å². The van der Waals surface area contributed by atoms with Gasteiger partial charge in [0.15, 0.2) is 0 Å². The third-order valence-electron chi connectivity index (χ3n) is 10.6. The van der Waals surface area contributed by atoms with Gasteiger partial charge in [0.05, 0.1) is 0 Å². The maximum absolute atomic E-state index is 13.0. The standard InChI is InChI=1S/C28H43NO2/c1-27-14-13-24-22(23(27)9-6-10-26(27)31)12-11-21-15-25(30)20(16-28(21,24)2)18-29-17-19-7-4-3-5-8-19/h11,19-20,22-24,29H,3-10,12-18H2,1-2H3. The molecule has 5 aliphatic carbocycles. The van der Waals surface area contributed by atoms with Crippen molar-refractivity contribution in [2.24, 2.45) is 40.4 Å². The van der Waals surface area contributed by atoms with Gasteiger partial charge in [-0.25, -0.2) is 0 Å². The Kier molecular flexibility index (Phi) is 5.95. The van der Waals surface area contributed by atoms with Gasteiger partial charge in [0.25, 0.3) is 0 Å². The van der Waals surface area contributed by atoms with Crippen LogP contribution in [0, 0.1) is 40.4 Å². The molecule has 6 unspecified atom stereocenters. The van der Waals surface area contributed by atoms with E-state index in [1.54, 1.807) is 0 Å². The summed E-state index contributed by atoms with van der Waals surface area (Å²) in [6, 6.07) is 0. The largest absolute Gasteiger partial charge is 0.316 e. The lowest BCUT2D eigenvalue weighted by Crippen LogP contribution is -2.55. The molecule has 0 aromatic rings. The van der Waals surface area contributed by atoms with Gasteiger partial charge in [0.2, 0.25) is 0 Å². The molecule has 3 heteroatoms. The van der Waals surface area contributed by atoms with Gasteiger partial charge in [-0.3, -0.25) is 9.59 Å². The van der Waals surface area contributed by atoms with Gasteiger partial charge in [0, 0.05) is 30.7 Å². The predicted molar refractivity (Wildman–Crippen MR) is 125 cm³/mol. The second-order valence-corrected chi connectivity index (χ2v) is 12.2. The first kappa shape index (κ1) is 21.9. The van der Waals surface area contributed by atoms with Gasteiger partial charge < -0.3 is 5.32 Å². The number of carbonyl (C=O) groups excluding carboxylic acids is 2. The van der Waals surface area contributed by atoms with Crippen LogP contribution in [0.1, 0.15) is 97.3 Å². The normalized spacial score (nSPS) is 43.6. The number of Topliss-reactive ketones (excluding diaryl/α,β-unsaturated/α-hetero) is 2. The molecule has 4 fully saturated rings. The third kappa shape index (κ3) is 3.77. The first-order chi connectivity index (χ1) is 14.9. The van der Waals surface area contributed by atoms with Gasteiger partial charge in [0.1, 0.15) is 11.6 Å². The average molecular weight is 426 g/mol. The van der Waals surface area contributed by atoms with E-state index in [2.05, 4.69) is 25.2 Å². The molecular formula is C28H43NO2. The zero-order valence-electron chi connectivity index (χ0n) is 19.9. The van der Waals surface area contributed by atoms with Crippen molar-refractivity contribution in [3.8, 4) is 0 Å². The van der Waals surface area contributed by atoms with E-state index in [0.29, 0.717) is 35.7 Å². The van der Waals surface area contributed by atoms with Crippen molar-refractivity contribution >= 4 is 11.6 Å². The van der Waals surface area contributed by atoms with E-state index in [4.69, 9.17) is 0 Å². The molecule has 1 N–H and O–H groups in total. The van der Waals surface area contributed by atoms with Crippen molar-refractivity contribution in [3.05, 3.63) is 11.6 Å². The van der Waals surface area contributed by atoms with Gasteiger partial charge in [-0.15, -0.1) is 0 Å². The number of hydrogen-bond donors (Lipinski definition) is 1. The molecule has 31 heavy (non-hydrogen) atoms. The molecule has 6 atom stereocenters. The van der Waals surface area contributed by atoms with Crippen LogP contribution in [0.3, 0.4) is 0 Å². The van der Waals surface area contributed by atoms with Crippen molar-refractivity contribution in [1.82, 2.24) is 5.32 Å². The maximum atomic E-state index is 13.0. The Hall–Kier alpha value is -0.960. The molecule has 4 saturated carbocycles. The third-order valence-corrected chi connectivity index (χ3v) is 10.6. The first-order valence-corrected chi connectivity index (χ1v) is 13.4. The van der Waals surface area contributed by atoms with Crippen LogP contribution >= 0.6 is 0 Å². The molecule has 0 aromatic carbocycles. The highest BCUT2D eigenvalue weighted by atomic mass is 16.1. The zero-order chi connectivity index (χ0) is 21.6. The van der Waals surface area contributed by atoms with Crippen LogP contribution in [0.5, 0.6) is 0 Å². The van der Waals surface area contributed by atoms with E-state index >= 15 is 0 Å². The van der Waals surface area contributed by atoms with E-state index in [1.807, 2.05) is 0 Å². The summed E-state index contributed by atoms with van der Waals surface area (Å²) in [7, 11) is 0. The van der Waals surface area contributed by atoms with E-state index in [1.165, 1.54) is 50.5 Å². The second kappa shape index (κ2) is 8.43. The molecular weight excluding hydrogens is 382 g/mol. The molecule has 0 aromatic heterocycles. The smallest absolute Gasteiger partial charge is 0.141 e.